The molecule has 1 aromatic carbocycles. The highest BCUT2D eigenvalue weighted by Gasteiger charge is 2.15. The smallest absolute Gasteiger partial charge is 0.428 e. The molecule has 7 heteroatoms. The topological polar surface area (TPSA) is 70.9 Å². The van der Waals surface area contributed by atoms with Crippen molar-refractivity contribution in [1.82, 2.24) is 5.43 Å². The number of carbonyl (C=O) groups is 1. The Kier molecular flexibility index (Phi) is 5.37. The first-order valence-electron chi connectivity index (χ1n) is 5.39. The highest BCUT2D eigenvalue weighted by molar-refractivity contribution is 9.11. The van der Waals surface area contributed by atoms with Crippen LogP contribution >= 0.6 is 31.9 Å². The summed E-state index contributed by atoms with van der Waals surface area (Å²) in [7, 11) is 0. The van der Waals surface area contributed by atoms with Crippen molar-refractivity contribution in [2.75, 3.05) is 0 Å². The lowest BCUT2D eigenvalue weighted by Crippen LogP contribution is -2.29. The van der Waals surface area contributed by atoms with Gasteiger partial charge in [-0.15, -0.1) is 0 Å². The van der Waals surface area contributed by atoms with Gasteiger partial charge in [0.25, 0.3) is 0 Å². The summed E-state index contributed by atoms with van der Waals surface area (Å²) >= 11 is 6.50. The number of phenols is 1. The first-order valence-corrected chi connectivity index (χ1v) is 6.98. The van der Waals surface area contributed by atoms with Crippen LogP contribution in [0, 0.1) is 0 Å². The maximum Gasteiger partial charge on any atom is 0.428 e. The van der Waals surface area contributed by atoms with E-state index in [0.717, 1.165) is 4.47 Å². The van der Waals surface area contributed by atoms with Crippen molar-refractivity contribution in [3.05, 3.63) is 26.6 Å². The van der Waals surface area contributed by atoms with Crippen molar-refractivity contribution in [3.8, 4) is 5.75 Å². The largest absolute Gasteiger partial charge is 0.506 e. The molecule has 0 radical (unpaired) electrons. The lowest BCUT2D eigenvalue weighted by molar-refractivity contribution is 0.0529. The van der Waals surface area contributed by atoms with Crippen LogP contribution in [0.5, 0.6) is 5.75 Å². The van der Waals surface area contributed by atoms with Gasteiger partial charge in [0.15, 0.2) is 0 Å². The van der Waals surface area contributed by atoms with Gasteiger partial charge < -0.3 is 9.84 Å². The van der Waals surface area contributed by atoms with E-state index >= 15 is 0 Å². The van der Waals surface area contributed by atoms with Gasteiger partial charge in [-0.1, -0.05) is 15.9 Å². The van der Waals surface area contributed by atoms with Gasteiger partial charge in [-0.3, -0.25) is 0 Å². The number of carbonyl (C=O) groups excluding carboxylic acids is 1. The average Bonchev–Trinajstić information content (AvgIpc) is 2.22. The number of nitrogens with one attached hydrogen (secondary N) is 1. The molecule has 0 heterocycles. The minimum absolute atomic E-state index is 0.0398. The van der Waals surface area contributed by atoms with Gasteiger partial charge in [-0.2, -0.15) is 5.10 Å². The van der Waals surface area contributed by atoms with Crippen LogP contribution in [0.1, 0.15) is 26.3 Å². The Hall–Kier alpha value is -1.08. The Morgan fingerprint density at radius 1 is 1.42 bits per heavy atom. The van der Waals surface area contributed by atoms with Crippen molar-refractivity contribution < 1.29 is 14.6 Å². The number of phenolic OH excluding ortho intramolecular Hbond substituents is 1. The molecule has 0 aliphatic rings. The van der Waals surface area contributed by atoms with E-state index in [9.17, 15) is 9.90 Å². The molecule has 0 aromatic heterocycles. The Morgan fingerprint density at radius 3 is 2.63 bits per heavy atom. The summed E-state index contributed by atoms with van der Waals surface area (Å²) in [5.41, 5.74) is 2.09. The van der Waals surface area contributed by atoms with Crippen LogP contribution in [0.4, 0.5) is 4.79 Å². The maximum absolute atomic E-state index is 11.3. The molecule has 1 aromatic rings. The molecule has 0 bridgehead atoms. The molecular weight excluding hydrogens is 380 g/mol. The number of hydrogen-bond donors (Lipinski definition) is 2. The third-order valence-electron chi connectivity index (χ3n) is 1.82. The molecule has 104 valence electrons. The molecule has 0 fully saturated rings. The molecule has 5 nitrogen and oxygen atoms in total. The van der Waals surface area contributed by atoms with Gasteiger partial charge in [0.2, 0.25) is 0 Å². The van der Waals surface area contributed by atoms with E-state index in [0.29, 0.717) is 10.0 Å². The molecule has 1 rings (SSSR count). The van der Waals surface area contributed by atoms with Crippen LogP contribution < -0.4 is 5.43 Å². The number of halogens is 2. The van der Waals surface area contributed by atoms with E-state index in [1.54, 1.807) is 32.9 Å². The number of rotatable bonds is 2. The summed E-state index contributed by atoms with van der Waals surface area (Å²) in [6.07, 6.45) is 0.673. The van der Waals surface area contributed by atoms with Crippen LogP contribution in [0.3, 0.4) is 0 Å². The van der Waals surface area contributed by atoms with Gasteiger partial charge in [-0.05, 0) is 48.8 Å². The molecule has 0 aliphatic heterocycles. The van der Waals surface area contributed by atoms with E-state index in [1.165, 1.54) is 6.21 Å². The van der Waals surface area contributed by atoms with E-state index < -0.39 is 11.7 Å². The molecule has 0 atom stereocenters. The van der Waals surface area contributed by atoms with Crippen molar-refractivity contribution in [1.29, 1.82) is 0 Å². The van der Waals surface area contributed by atoms with E-state index in [1.807, 2.05) is 0 Å². The Bertz CT molecular complexity index is 510. The molecule has 1 amide bonds. The lowest BCUT2D eigenvalue weighted by Gasteiger charge is -2.18. The van der Waals surface area contributed by atoms with E-state index in [2.05, 4.69) is 42.4 Å². The highest BCUT2D eigenvalue weighted by atomic mass is 79.9. The maximum atomic E-state index is 11.3. The SMILES string of the molecule is CC(C)(C)OC(=O)N/N=C\c1cc(Br)cc(Br)c1O. The summed E-state index contributed by atoms with van der Waals surface area (Å²) in [6, 6.07) is 3.37. The van der Waals surface area contributed by atoms with Crippen molar-refractivity contribution in [2.45, 2.75) is 26.4 Å². The predicted octanol–water partition coefficient (Wildman–Crippen LogP) is 3.78. The fraction of sp³-hybridized carbons (Fsp3) is 0.333. The fourth-order valence-electron chi connectivity index (χ4n) is 1.14. The molecule has 19 heavy (non-hydrogen) atoms. The number of benzene rings is 1. The third-order valence-corrected chi connectivity index (χ3v) is 2.88. The minimum Gasteiger partial charge on any atom is -0.506 e. The van der Waals surface area contributed by atoms with Crippen LogP contribution in [0.25, 0.3) is 0 Å². The average molecular weight is 394 g/mol. The first kappa shape index (κ1) is 16.0. The van der Waals surface area contributed by atoms with Crippen LogP contribution in [-0.4, -0.2) is 23.0 Å². The molecular formula is C12H14Br2N2O3. The second kappa shape index (κ2) is 6.38. The molecule has 0 unspecified atom stereocenters. The highest BCUT2D eigenvalue weighted by Crippen LogP contribution is 2.30. The van der Waals surface area contributed by atoms with Gasteiger partial charge in [-0.25, -0.2) is 10.2 Å². The summed E-state index contributed by atoms with van der Waals surface area (Å²) in [5.74, 6) is 0.0398. The number of hydrogen-bond acceptors (Lipinski definition) is 4. The summed E-state index contributed by atoms with van der Waals surface area (Å²) in [4.78, 5) is 11.3. The van der Waals surface area contributed by atoms with Crippen LogP contribution in [-0.2, 0) is 4.74 Å². The number of nitrogens with zero attached hydrogens (tertiary/aromatic N) is 1. The van der Waals surface area contributed by atoms with Gasteiger partial charge in [0.05, 0.1) is 10.7 Å². The Morgan fingerprint density at radius 2 is 2.05 bits per heavy atom. The van der Waals surface area contributed by atoms with Crippen molar-refractivity contribution in [2.24, 2.45) is 5.10 Å². The number of aromatic hydroxyl groups is 1. The summed E-state index contributed by atoms with van der Waals surface area (Å²) in [6.45, 7) is 5.27. The molecule has 0 saturated heterocycles. The zero-order valence-corrected chi connectivity index (χ0v) is 13.9. The molecule has 2 N–H and O–H groups in total. The van der Waals surface area contributed by atoms with Gasteiger partial charge in [0, 0.05) is 10.0 Å². The number of ether oxygens (including phenoxy) is 1. The lowest BCUT2D eigenvalue weighted by atomic mass is 10.2. The minimum atomic E-state index is -0.655. The summed E-state index contributed by atoms with van der Waals surface area (Å²) in [5, 5.41) is 13.5. The summed E-state index contributed by atoms with van der Waals surface area (Å²) < 4.78 is 6.31. The Balaban J connectivity index is 2.71. The molecule has 0 aliphatic carbocycles. The Labute approximate surface area is 128 Å². The fourth-order valence-corrected chi connectivity index (χ4v) is 2.40. The quantitative estimate of drug-likeness (QED) is 0.593. The van der Waals surface area contributed by atoms with Crippen molar-refractivity contribution in [3.63, 3.8) is 0 Å². The first-order chi connectivity index (χ1) is 8.69. The normalized spacial score (nSPS) is 11.6. The number of amides is 1. The monoisotopic (exact) mass is 392 g/mol. The second-order valence-electron chi connectivity index (χ2n) is 4.70. The number of hydrazone groups is 1. The standard InChI is InChI=1S/C12H14Br2N2O3/c1-12(2,3)19-11(18)16-15-6-7-4-8(13)5-9(14)10(7)17/h4-6,17H,1-3H3,(H,16,18)/b15-6-. The van der Waals surface area contributed by atoms with Gasteiger partial charge in [0.1, 0.15) is 11.4 Å². The van der Waals surface area contributed by atoms with E-state index in [4.69, 9.17) is 4.74 Å². The van der Waals surface area contributed by atoms with Crippen molar-refractivity contribution >= 4 is 44.2 Å². The second-order valence-corrected chi connectivity index (χ2v) is 6.47. The van der Waals surface area contributed by atoms with Crippen LogP contribution in [0.2, 0.25) is 0 Å². The zero-order valence-electron chi connectivity index (χ0n) is 10.7. The van der Waals surface area contributed by atoms with E-state index in [-0.39, 0.29) is 5.75 Å². The molecule has 0 spiro atoms. The van der Waals surface area contributed by atoms with Gasteiger partial charge >= 0.3 is 6.09 Å². The molecule has 0 saturated carbocycles. The zero-order chi connectivity index (χ0) is 14.6. The van der Waals surface area contributed by atoms with Crippen LogP contribution in [0.15, 0.2) is 26.2 Å². The third kappa shape index (κ3) is 5.61. The predicted molar refractivity (Wildman–Crippen MR) is 80.5 cm³/mol.